The molecular formula is C16H33N2+. The molecular weight excluding hydrogens is 220 g/mol. The Morgan fingerprint density at radius 3 is 2.33 bits per heavy atom. The van der Waals surface area contributed by atoms with E-state index in [2.05, 4.69) is 33.1 Å². The van der Waals surface area contributed by atoms with Crippen molar-refractivity contribution in [1.29, 1.82) is 0 Å². The monoisotopic (exact) mass is 253 g/mol. The maximum absolute atomic E-state index is 2.76. The summed E-state index contributed by atoms with van der Waals surface area (Å²) in [5.41, 5.74) is 0. The lowest BCUT2D eigenvalue weighted by molar-refractivity contribution is -0.871. The zero-order valence-electron chi connectivity index (χ0n) is 13.0. The number of quaternary nitrogens is 1. The van der Waals surface area contributed by atoms with Gasteiger partial charge in [-0.25, -0.2) is 0 Å². The van der Waals surface area contributed by atoms with E-state index in [1.54, 1.807) is 0 Å². The third kappa shape index (κ3) is 3.71. The average molecular weight is 253 g/mol. The molecule has 0 aliphatic carbocycles. The Hall–Kier alpha value is -0.0800. The molecule has 0 saturated carbocycles. The molecule has 2 aliphatic rings. The summed E-state index contributed by atoms with van der Waals surface area (Å²) in [5.74, 6) is 0.954. The highest BCUT2D eigenvalue weighted by Crippen LogP contribution is 2.35. The van der Waals surface area contributed by atoms with Crippen LogP contribution in [0.2, 0.25) is 0 Å². The first kappa shape index (κ1) is 14.3. The predicted octanol–water partition coefficient (Wildman–Crippen LogP) is 3.13. The van der Waals surface area contributed by atoms with Crippen LogP contribution in [0.1, 0.15) is 51.4 Å². The molecule has 2 heteroatoms. The van der Waals surface area contributed by atoms with E-state index >= 15 is 0 Å². The molecule has 2 heterocycles. The maximum atomic E-state index is 2.76. The zero-order chi connectivity index (χ0) is 13.2. The van der Waals surface area contributed by atoms with E-state index in [9.17, 15) is 0 Å². The van der Waals surface area contributed by atoms with Crippen molar-refractivity contribution in [3.63, 3.8) is 0 Å². The van der Waals surface area contributed by atoms with Gasteiger partial charge in [0, 0.05) is 18.5 Å². The highest BCUT2D eigenvalue weighted by Gasteiger charge is 2.34. The lowest BCUT2D eigenvalue weighted by Crippen LogP contribution is -2.43. The second-order valence-corrected chi connectivity index (χ2v) is 7.66. The van der Waals surface area contributed by atoms with Crippen LogP contribution in [0.5, 0.6) is 0 Å². The standard InChI is InChI=1S/C16H33N2/c1-17-15-9-5-6-11-16(17)14(8-7-10-15)12-13-18(2,3)4/h14-16H,5-13H2,1-4H3/q+1/t14-,15+,16+/m0/s1. The maximum Gasteiger partial charge on any atom is 0.0783 e. The van der Waals surface area contributed by atoms with Gasteiger partial charge in [-0.2, -0.15) is 0 Å². The van der Waals surface area contributed by atoms with Gasteiger partial charge in [-0.05, 0) is 38.6 Å². The predicted molar refractivity (Wildman–Crippen MR) is 78.7 cm³/mol. The minimum atomic E-state index is 0.881. The molecule has 2 bridgehead atoms. The number of hydrogen-bond donors (Lipinski definition) is 0. The average Bonchev–Trinajstić information content (AvgIpc) is 2.55. The van der Waals surface area contributed by atoms with Crippen LogP contribution in [0.3, 0.4) is 0 Å². The molecule has 0 amide bonds. The van der Waals surface area contributed by atoms with Gasteiger partial charge in [0.1, 0.15) is 0 Å². The van der Waals surface area contributed by atoms with Crippen molar-refractivity contribution in [2.24, 2.45) is 5.92 Å². The Kier molecular flexibility index (Phi) is 4.71. The first-order valence-corrected chi connectivity index (χ1v) is 8.00. The van der Waals surface area contributed by atoms with E-state index in [0.717, 1.165) is 22.5 Å². The van der Waals surface area contributed by atoms with E-state index in [1.807, 2.05) is 0 Å². The van der Waals surface area contributed by atoms with Crippen molar-refractivity contribution < 1.29 is 4.48 Å². The molecule has 2 aliphatic heterocycles. The first-order chi connectivity index (χ1) is 8.47. The normalized spacial score (nSPS) is 35.0. The number of nitrogens with zero attached hydrogens (tertiary/aromatic N) is 2. The van der Waals surface area contributed by atoms with Gasteiger partial charge in [0.15, 0.2) is 0 Å². The summed E-state index contributed by atoms with van der Waals surface area (Å²) in [6.07, 6.45) is 11.7. The van der Waals surface area contributed by atoms with E-state index in [0.29, 0.717) is 0 Å². The van der Waals surface area contributed by atoms with Crippen LogP contribution in [0, 0.1) is 5.92 Å². The van der Waals surface area contributed by atoms with Gasteiger partial charge < -0.3 is 9.38 Å². The van der Waals surface area contributed by atoms with Crippen molar-refractivity contribution in [2.45, 2.75) is 63.5 Å². The Bertz CT molecular complexity index is 256. The van der Waals surface area contributed by atoms with Gasteiger partial charge in [-0.15, -0.1) is 0 Å². The second kappa shape index (κ2) is 5.92. The molecule has 0 aromatic carbocycles. The lowest BCUT2D eigenvalue weighted by Gasteiger charge is -2.36. The van der Waals surface area contributed by atoms with Gasteiger partial charge in [0.05, 0.1) is 27.7 Å². The van der Waals surface area contributed by atoms with Gasteiger partial charge >= 0.3 is 0 Å². The van der Waals surface area contributed by atoms with Crippen LogP contribution in [0.4, 0.5) is 0 Å². The van der Waals surface area contributed by atoms with Gasteiger partial charge in [0.2, 0.25) is 0 Å². The molecule has 0 radical (unpaired) electrons. The van der Waals surface area contributed by atoms with Crippen molar-refractivity contribution in [1.82, 2.24) is 4.90 Å². The quantitative estimate of drug-likeness (QED) is 0.699. The molecule has 0 aromatic heterocycles. The van der Waals surface area contributed by atoms with Crippen LogP contribution >= 0.6 is 0 Å². The summed E-state index contributed by atoms with van der Waals surface area (Å²) in [4.78, 5) is 2.76. The molecule has 18 heavy (non-hydrogen) atoms. The molecule has 3 atom stereocenters. The fourth-order valence-corrected chi connectivity index (χ4v) is 4.03. The largest absolute Gasteiger partial charge is 0.331 e. The van der Waals surface area contributed by atoms with Crippen molar-refractivity contribution in [3.8, 4) is 0 Å². The van der Waals surface area contributed by atoms with E-state index in [1.165, 1.54) is 57.9 Å². The minimum absolute atomic E-state index is 0.881. The molecule has 2 fully saturated rings. The molecule has 106 valence electrons. The lowest BCUT2D eigenvalue weighted by atomic mass is 9.88. The molecule has 0 spiro atoms. The van der Waals surface area contributed by atoms with Crippen LogP contribution in [-0.4, -0.2) is 56.2 Å². The molecule has 2 nitrogen and oxygen atoms in total. The van der Waals surface area contributed by atoms with Gasteiger partial charge in [0.25, 0.3) is 0 Å². The van der Waals surface area contributed by atoms with E-state index < -0.39 is 0 Å². The van der Waals surface area contributed by atoms with E-state index in [-0.39, 0.29) is 0 Å². The van der Waals surface area contributed by atoms with Gasteiger partial charge in [-0.3, -0.25) is 0 Å². The number of rotatable bonds is 3. The van der Waals surface area contributed by atoms with Crippen molar-refractivity contribution in [3.05, 3.63) is 0 Å². The fourth-order valence-electron chi connectivity index (χ4n) is 4.03. The Morgan fingerprint density at radius 2 is 1.61 bits per heavy atom. The molecule has 0 aromatic rings. The van der Waals surface area contributed by atoms with E-state index in [4.69, 9.17) is 0 Å². The topological polar surface area (TPSA) is 3.24 Å². The zero-order valence-corrected chi connectivity index (χ0v) is 13.0. The smallest absolute Gasteiger partial charge is 0.0783 e. The van der Waals surface area contributed by atoms with Crippen molar-refractivity contribution >= 4 is 0 Å². The second-order valence-electron chi connectivity index (χ2n) is 7.66. The van der Waals surface area contributed by atoms with Crippen LogP contribution in [-0.2, 0) is 0 Å². The highest BCUT2D eigenvalue weighted by atomic mass is 15.3. The Morgan fingerprint density at radius 1 is 0.944 bits per heavy atom. The van der Waals surface area contributed by atoms with Crippen molar-refractivity contribution in [2.75, 3.05) is 34.7 Å². The number of hydrogen-bond acceptors (Lipinski definition) is 1. The molecule has 0 N–H and O–H groups in total. The van der Waals surface area contributed by atoms with Crippen LogP contribution < -0.4 is 0 Å². The van der Waals surface area contributed by atoms with Gasteiger partial charge in [-0.1, -0.05) is 19.3 Å². The minimum Gasteiger partial charge on any atom is -0.331 e. The summed E-state index contributed by atoms with van der Waals surface area (Å²) in [6.45, 7) is 1.33. The summed E-state index contributed by atoms with van der Waals surface area (Å²) in [6, 6.07) is 1.78. The summed E-state index contributed by atoms with van der Waals surface area (Å²) in [7, 11) is 9.40. The SMILES string of the molecule is CN1[C@@H]2CCCC[C@@H]1[C@H](CC[N+](C)(C)C)CCC2. The first-order valence-electron chi connectivity index (χ1n) is 8.00. The summed E-state index contributed by atoms with van der Waals surface area (Å²) < 4.78 is 1.12. The molecule has 2 saturated heterocycles. The molecule has 0 unspecified atom stereocenters. The third-order valence-electron chi connectivity index (χ3n) is 5.21. The summed E-state index contributed by atoms with van der Waals surface area (Å²) in [5, 5.41) is 0. The summed E-state index contributed by atoms with van der Waals surface area (Å²) >= 11 is 0. The van der Waals surface area contributed by atoms with Crippen LogP contribution in [0.15, 0.2) is 0 Å². The fraction of sp³-hybridized carbons (Fsp3) is 1.00. The third-order valence-corrected chi connectivity index (χ3v) is 5.21. The molecule has 2 rings (SSSR count). The number of fused-ring (bicyclic) bond motifs is 2. The Labute approximate surface area is 114 Å². The van der Waals surface area contributed by atoms with Crippen LogP contribution in [0.25, 0.3) is 0 Å². The highest BCUT2D eigenvalue weighted by molar-refractivity contribution is 4.88. The Balaban J connectivity index is 2.00.